The number of hydrogen-bond donors (Lipinski definition) is 0. The molecule has 1 unspecified atom stereocenters. The maximum absolute atomic E-state index is 13.8. The number of likely N-dealkylation sites (N-methyl/N-ethyl adjacent to an activating group) is 1. The number of fused-ring (bicyclic) bond motifs is 1. The third kappa shape index (κ3) is 6.99. The Morgan fingerprint density at radius 2 is 1.76 bits per heavy atom. The molecule has 1 aromatic carbocycles. The molecule has 2 fully saturated rings. The van der Waals surface area contributed by atoms with Crippen LogP contribution in [0.1, 0.15) is 65.0 Å². The fourth-order valence-corrected chi connectivity index (χ4v) is 10.0. The quantitative estimate of drug-likeness (QED) is 0.423. The largest absolute Gasteiger partial charge is 0.497 e. The molecular weight excluding hydrogens is 556 g/mol. The number of methoxy groups -OCH3 is 1. The Hall–Kier alpha value is -1.98. The predicted octanol–water partition coefficient (Wildman–Crippen LogP) is 4.42. The second-order valence-electron chi connectivity index (χ2n) is 12.1. The molecule has 2 saturated heterocycles. The van der Waals surface area contributed by atoms with Crippen molar-refractivity contribution in [3.05, 3.63) is 44.6 Å². The van der Waals surface area contributed by atoms with Crippen molar-refractivity contribution in [3.63, 3.8) is 0 Å². The molecule has 0 spiro atoms. The minimum absolute atomic E-state index is 0.0654. The molecule has 2 aromatic rings. The maximum Gasteiger partial charge on any atom is 0.243 e. The van der Waals surface area contributed by atoms with Gasteiger partial charge >= 0.3 is 0 Å². The van der Waals surface area contributed by atoms with E-state index in [9.17, 15) is 13.2 Å². The van der Waals surface area contributed by atoms with Crippen LogP contribution in [0.4, 0.5) is 0 Å². The van der Waals surface area contributed by atoms with Gasteiger partial charge < -0.3 is 14.5 Å². The summed E-state index contributed by atoms with van der Waals surface area (Å²) in [5.41, 5.74) is 2.74. The zero-order valence-electron chi connectivity index (χ0n) is 25.2. The van der Waals surface area contributed by atoms with Gasteiger partial charge in [0.05, 0.1) is 12.0 Å². The van der Waals surface area contributed by atoms with Crippen LogP contribution in [0.5, 0.6) is 5.75 Å². The molecular formula is C31H46N4O4S2. The summed E-state index contributed by atoms with van der Waals surface area (Å²) in [6.45, 7) is 11.2. The number of ether oxygens (including phenoxy) is 1. The second kappa shape index (κ2) is 13.1. The van der Waals surface area contributed by atoms with Gasteiger partial charge in [-0.25, -0.2) is 8.42 Å². The van der Waals surface area contributed by atoms with Gasteiger partial charge in [0.15, 0.2) is 0 Å². The zero-order valence-corrected chi connectivity index (χ0v) is 26.8. The van der Waals surface area contributed by atoms with E-state index in [1.54, 1.807) is 23.5 Å². The Morgan fingerprint density at radius 1 is 1.02 bits per heavy atom. The number of piperazine rings is 1. The highest BCUT2D eigenvalue weighted by atomic mass is 32.2. The topological polar surface area (TPSA) is 73.4 Å². The highest BCUT2D eigenvalue weighted by Gasteiger charge is 2.35. The summed E-state index contributed by atoms with van der Waals surface area (Å²) in [5.74, 6) is 0.862. The van der Waals surface area contributed by atoms with Crippen LogP contribution >= 0.6 is 11.3 Å². The first-order valence-corrected chi connectivity index (χ1v) is 17.4. The smallest absolute Gasteiger partial charge is 0.243 e. The number of carbonyl (C=O) groups excluding carboxylic acids is 1. The lowest BCUT2D eigenvalue weighted by atomic mass is 9.99. The maximum atomic E-state index is 13.8. The summed E-state index contributed by atoms with van der Waals surface area (Å²) in [7, 11) is 0.147. The van der Waals surface area contributed by atoms with E-state index in [1.165, 1.54) is 15.3 Å². The van der Waals surface area contributed by atoms with Crippen LogP contribution in [0.2, 0.25) is 0 Å². The van der Waals surface area contributed by atoms with Crippen molar-refractivity contribution in [1.29, 1.82) is 0 Å². The van der Waals surface area contributed by atoms with Crippen molar-refractivity contribution in [2.75, 3.05) is 53.4 Å². The zero-order chi connectivity index (χ0) is 29.1. The number of nitrogens with zero attached hydrogens (tertiary/aromatic N) is 4. The van der Waals surface area contributed by atoms with E-state index in [2.05, 4.69) is 22.9 Å². The third-order valence-electron chi connectivity index (χ3n) is 8.98. The SMILES string of the molecule is COc1cc(C)c(S(=O)(=O)N2CCCCC2CCCC(=O)N2CCc3sc(CN4CCN(C)CC4)cc3C2)c(C)c1. The molecule has 10 heteroatoms. The lowest BCUT2D eigenvalue weighted by molar-refractivity contribution is -0.132. The molecule has 3 aliphatic heterocycles. The van der Waals surface area contributed by atoms with Crippen LogP contribution in [-0.4, -0.2) is 92.8 Å². The summed E-state index contributed by atoms with van der Waals surface area (Å²) in [4.78, 5) is 23.4. The van der Waals surface area contributed by atoms with Gasteiger partial charge in [-0.05, 0) is 87.9 Å². The number of benzene rings is 1. The molecule has 5 rings (SSSR count). The number of piperidine rings is 1. The Balaban J connectivity index is 1.16. The number of rotatable bonds is 9. The normalized spacial score (nSPS) is 21.2. The van der Waals surface area contributed by atoms with E-state index in [-0.39, 0.29) is 11.9 Å². The van der Waals surface area contributed by atoms with Crippen molar-refractivity contribution in [1.82, 2.24) is 19.0 Å². The standard InChI is InChI=1S/C31H46N4O4S2/c1-23-18-27(39-4)19-24(2)31(23)41(37,38)35-12-6-5-8-26(35)9-7-10-30(36)34-13-11-29-25(21-34)20-28(40-29)22-33-16-14-32(3)15-17-33/h18-20,26H,5-17,21-22H2,1-4H3. The van der Waals surface area contributed by atoms with Crippen molar-refractivity contribution in [2.24, 2.45) is 0 Å². The Morgan fingerprint density at radius 3 is 2.46 bits per heavy atom. The molecule has 3 aliphatic rings. The van der Waals surface area contributed by atoms with E-state index in [4.69, 9.17) is 4.74 Å². The lowest BCUT2D eigenvalue weighted by Gasteiger charge is -2.35. The molecule has 1 atom stereocenters. The average molecular weight is 603 g/mol. The second-order valence-corrected chi connectivity index (χ2v) is 15.1. The summed E-state index contributed by atoms with van der Waals surface area (Å²) in [5, 5.41) is 0. The van der Waals surface area contributed by atoms with Gasteiger partial charge in [0, 0.05) is 74.6 Å². The van der Waals surface area contributed by atoms with Gasteiger partial charge in [0.25, 0.3) is 0 Å². The number of hydrogen-bond acceptors (Lipinski definition) is 7. The van der Waals surface area contributed by atoms with Crippen molar-refractivity contribution in [2.45, 2.75) is 82.8 Å². The van der Waals surface area contributed by atoms with E-state index >= 15 is 0 Å². The van der Waals surface area contributed by atoms with Crippen LogP contribution in [-0.2, 0) is 34.3 Å². The van der Waals surface area contributed by atoms with E-state index < -0.39 is 10.0 Å². The summed E-state index contributed by atoms with van der Waals surface area (Å²) in [6.07, 6.45) is 5.57. The summed E-state index contributed by atoms with van der Waals surface area (Å²) in [6, 6.07) is 5.85. The minimum atomic E-state index is -3.64. The fourth-order valence-electron chi connectivity index (χ4n) is 6.69. The summed E-state index contributed by atoms with van der Waals surface area (Å²) >= 11 is 1.92. The van der Waals surface area contributed by atoms with Crippen molar-refractivity contribution in [3.8, 4) is 5.75 Å². The predicted molar refractivity (Wildman–Crippen MR) is 164 cm³/mol. The van der Waals surface area contributed by atoms with Crippen LogP contribution in [0.3, 0.4) is 0 Å². The Bertz CT molecular complexity index is 1310. The molecule has 41 heavy (non-hydrogen) atoms. The molecule has 1 amide bonds. The third-order valence-corrected chi connectivity index (χ3v) is 12.5. The molecule has 0 radical (unpaired) electrons. The Kier molecular flexibility index (Phi) is 9.75. The first-order chi connectivity index (χ1) is 19.7. The minimum Gasteiger partial charge on any atom is -0.497 e. The number of carbonyl (C=O) groups is 1. The van der Waals surface area contributed by atoms with Gasteiger partial charge in [-0.1, -0.05) is 6.42 Å². The highest BCUT2D eigenvalue weighted by Crippen LogP contribution is 2.34. The van der Waals surface area contributed by atoms with E-state index in [0.29, 0.717) is 54.1 Å². The monoisotopic (exact) mass is 602 g/mol. The molecule has 1 aromatic heterocycles. The number of aryl methyl sites for hydroxylation is 2. The van der Waals surface area contributed by atoms with Crippen LogP contribution < -0.4 is 4.74 Å². The lowest BCUT2D eigenvalue weighted by Crippen LogP contribution is -2.44. The van der Waals surface area contributed by atoms with Gasteiger partial charge in [-0.15, -0.1) is 11.3 Å². The first kappa shape index (κ1) is 30.5. The summed E-state index contributed by atoms with van der Waals surface area (Å²) < 4.78 is 34.8. The van der Waals surface area contributed by atoms with Crippen molar-refractivity contribution >= 4 is 27.3 Å². The molecule has 0 aliphatic carbocycles. The van der Waals surface area contributed by atoms with Gasteiger partial charge in [-0.2, -0.15) is 4.31 Å². The average Bonchev–Trinajstić information content (AvgIpc) is 3.35. The highest BCUT2D eigenvalue weighted by molar-refractivity contribution is 7.89. The van der Waals surface area contributed by atoms with Crippen LogP contribution in [0.15, 0.2) is 23.1 Å². The number of sulfonamides is 1. The van der Waals surface area contributed by atoms with Crippen molar-refractivity contribution < 1.29 is 17.9 Å². The molecule has 0 bridgehead atoms. The van der Waals surface area contributed by atoms with Gasteiger partial charge in [0.2, 0.25) is 15.9 Å². The molecule has 0 saturated carbocycles. The van der Waals surface area contributed by atoms with E-state index in [1.807, 2.05) is 30.1 Å². The van der Waals surface area contributed by atoms with Gasteiger partial charge in [0.1, 0.15) is 5.75 Å². The molecule has 4 heterocycles. The molecule has 226 valence electrons. The van der Waals surface area contributed by atoms with E-state index in [0.717, 1.165) is 65.0 Å². The first-order valence-electron chi connectivity index (χ1n) is 15.1. The number of thiophene rings is 1. The molecule has 8 nitrogen and oxygen atoms in total. The van der Waals surface area contributed by atoms with Crippen LogP contribution in [0, 0.1) is 13.8 Å². The fraction of sp³-hybridized carbons (Fsp3) is 0.645. The van der Waals surface area contributed by atoms with Crippen LogP contribution in [0.25, 0.3) is 0 Å². The number of amides is 1. The van der Waals surface area contributed by atoms with Gasteiger partial charge in [-0.3, -0.25) is 9.69 Å². The Labute approximate surface area is 250 Å². The molecule has 0 N–H and O–H groups in total.